The molecule has 0 fully saturated rings. The number of aromatic nitrogens is 1. The lowest BCUT2D eigenvalue weighted by molar-refractivity contribution is -0.137. The number of carbonyl (C=O) groups excluding carboxylic acids is 2. The van der Waals surface area contributed by atoms with Gasteiger partial charge in [-0.3, -0.25) is 14.6 Å². The molecule has 2 amide bonds. The average molecular weight is 399 g/mol. The standard InChI is InChI=1S/C21H16F3N3O2/c22-21(23,24)16-8-10-17(11-9-16)27-20(29)15-6-4-14(5-7-15)19(28)26-13-18-3-1-2-12-25-18/h1-12H,13H2,(H,26,28)(H,27,29). The Morgan fingerprint density at radius 1 is 0.828 bits per heavy atom. The van der Waals surface area contributed by atoms with E-state index in [2.05, 4.69) is 15.6 Å². The van der Waals surface area contributed by atoms with Gasteiger partial charge in [-0.05, 0) is 60.7 Å². The third kappa shape index (κ3) is 5.41. The van der Waals surface area contributed by atoms with E-state index in [-0.39, 0.29) is 23.7 Å². The van der Waals surface area contributed by atoms with Crippen molar-refractivity contribution >= 4 is 17.5 Å². The van der Waals surface area contributed by atoms with Crippen LogP contribution in [0.4, 0.5) is 18.9 Å². The molecule has 1 aromatic heterocycles. The van der Waals surface area contributed by atoms with Gasteiger partial charge >= 0.3 is 6.18 Å². The molecule has 0 saturated heterocycles. The maximum absolute atomic E-state index is 12.6. The van der Waals surface area contributed by atoms with E-state index >= 15 is 0 Å². The topological polar surface area (TPSA) is 71.1 Å². The van der Waals surface area contributed by atoms with Crippen molar-refractivity contribution in [3.8, 4) is 0 Å². The summed E-state index contributed by atoms with van der Waals surface area (Å²) in [6.45, 7) is 0.274. The molecule has 0 spiro atoms. The Morgan fingerprint density at radius 3 is 2.00 bits per heavy atom. The first-order valence-corrected chi connectivity index (χ1v) is 8.60. The Labute approximate surface area is 164 Å². The first kappa shape index (κ1) is 20.1. The summed E-state index contributed by atoms with van der Waals surface area (Å²) in [6.07, 6.45) is -2.80. The molecule has 3 aromatic rings. The van der Waals surface area contributed by atoms with Crippen LogP contribution in [0.15, 0.2) is 72.9 Å². The number of nitrogens with one attached hydrogen (secondary N) is 2. The van der Waals surface area contributed by atoms with E-state index in [4.69, 9.17) is 0 Å². The number of anilines is 1. The zero-order valence-corrected chi connectivity index (χ0v) is 15.0. The van der Waals surface area contributed by atoms with Crippen LogP contribution in [0.1, 0.15) is 32.0 Å². The number of pyridine rings is 1. The molecule has 8 heteroatoms. The fourth-order valence-electron chi connectivity index (χ4n) is 2.49. The summed E-state index contributed by atoms with van der Waals surface area (Å²) in [5, 5.41) is 5.24. The van der Waals surface area contributed by atoms with Crippen molar-refractivity contribution in [1.29, 1.82) is 0 Å². The van der Waals surface area contributed by atoms with Crippen LogP contribution in [0, 0.1) is 0 Å². The summed E-state index contributed by atoms with van der Waals surface area (Å²) < 4.78 is 37.7. The normalized spacial score (nSPS) is 11.0. The molecule has 5 nitrogen and oxygen atoms in total. The lowest BCUT2D eigenvalue weighted by atomic mass is 10.1. The number of hydrogen-bond acceptors (Lipinski definition) is 3. The van der Waals surface area contributed by atoms with Crippen LogP contribution in [0.2, 0.25) is 0 Å². The van der Waals surface area contributed by atoms with Crippen molar-refractivity contribution in [3.63, 3.8) is 0 Å². The molecule has 2 N–H and O–H groups in total. The molecule has 0 saturated carbocycles. The summed E-state index contributed by atoms with van der Waals surface area (Å²) in [4.78, 5) is 28.5. The SMILES string of the molecule is O=C(NCc1ccccn1)c1ccc(C(=O)Nc2ccc(C(F)(F)F)cc2)cc1. The molecule has 0 aliphatic heterocycles. The molecule has 0 aliphatic rings. The molecule has 148 valence electrons. The van der Waals surface area contributed by atoms with Gasteiger partial charge in [0.05, 0.1) is 17.8 Å². The number of nitrogens with zero attached hydrogens (tertiary/aromatic N) is 1. The van der Waals surface area contributed by atoms with Crippen molar-refractivity contribution in [1.82, 2.24) is 10.3 Å². The quantitative estimate of drug-likeness (QED) is 0.673. The highest BCUT2D eigenvalue weighted by Crippen LogP contribution is 2.29. The number of benzene rings is 2. The van der Waals surface area contributed by atoms with Gasteiger partial charge < -0.3 is 10.6 Å². The minimum atomic E-state index is -4.44. The van der Waals surface area contributed by atoms with Crippen LogP contribution >= 0.6 is 0 Å². The van der Waals surface area contributed by atoms with E-state index in [1.54, 1.807) is 18.3 Å². The monoisotopic (exact) mass is 399 g/mol. The fraction of sp³-hybridized carbons (Fsp3) is 0.0952. The summed E-state index contributed by atoms with van der Waals surface area (Å²) in [7, 11) is 0. The molecule has 0 aliphatic carbocycles. The number of carbonyl (C=O) groups is 2. The molecule has 29 heavy (non-hydrogen) atoms. The van der Waals surface area contributed by atoms with E-state index in [0.717, 1.165) is 12.1 Å². The lowest BCUT2D eigenvalue weighted by Crippen LogP contribution is -2.23. The summed E-state index contributed by atoms with van der Waals surface area (Å²) in [5.74, 6) is -0.810. The highest BCUT2D eigenvalue weighted by Gasteiger charge is 2.30. The van der Waals surface area contributed by atoms with Crippen molar-refractivity contribution in [2.45, 2.75) is 12.7 Å². The predicted molar refractivity (Wildman–Crippen MR) is 101 cm³/mol. The van der Waals surface area contributed by atoms with Gasteiger partial charge in [-0.25, -0.2) is 0 Å². The van der Waals surface area contributed by atoms with E-state index in [0.29, 0.717) is 11.3 Å². The summed E-state index contributed by atoms with van der Waals surface area (Å²) in [5.41, 5.74) is 0.795. The molecule has 3 rings (SSSR count). The maximum atomic E-state index is 12.6. The van der Waals surface area contributed by atoms with Crippen LogP contribution in [-0.4, -0.2) is 16.8 Å². The van der Waals surface area contributed by atoms with Crippen LogP contribution in [0.3, 0.4) is 0 Å². The number of hydrogen-bond donors (Lipinski definition) is 2. The number of amides is 2. The smallest absolute Gasteiger partial charge is 0.346 e. The van der Waals surface area contributed by atoms with Crippen molar-refractivity contribution < 1.29 is 22.8 Å². The third-order valence-electron chi connectivity index (χ3n) is 4.04. The van der Waals surface area contributed by atoms with E-state index in [1.165, 1.54) is 36.4 Å². The zero-order chi connectivity index (χ0) is 20.9. The molecular formula is C21H16F3N3O2. The zero-order valence-electron chi connectivity index (χ0n) is 15.0. The van der Waals surface area contributed by atoms with E-state index in [1.807, 2.05) is 6.07 Å². The number of rotatable bonds is 5. The van der Waals surface area contributed by atoms with Gasteiger partial charge in [0.15, 0.2) is 0 Å². The van der Waals surface area contributed by atoms with Gasteiger partial charge in [0, 0.05) is 23.0 Å². The second-order valence-electron chi connectivity index (χ2n) is 6.11. The van der Waals surface area contributed by atoms with Crippen LogP contribution in [0.5, 0.6) is 0 Å². The van der Waals surface area contributed by atoms with Gasteiger partial charge in [-0.1, -0.05) is 6.07 Å². The van der Waals surface area contributed by atoms with Crippen molar-refractivity contribution in [3.05, 3.63) is 95.3 Å². The summed E-state index contributed by atoms with van der Waals surface area (Å²) in [6, 6.07) is 15.5. The molecule has 0 bridgehead atoms. The third-order valence-corrected chi connectivity index (χ3v) is 4.04. The first-order chi connectivity index (χ1) is 13.8. The molecule has 0 atom stereocenters. The molecule has 0 unspecified atom stereocenters. The van der Waals surface area contributed by atoms with Gasteiger partial charge in [0.25, 0.3) is 11.8 Å². The first-order valence-electron chi connectivity index (χ1n) is 8.60. The fourth-order valence-corrected chi connectivity index (χ4v) is 2.49. The highest BCUT2D eigenvalue weighted by atomic mass is 19.4. The molecular weight excluding hydrogens is 383 g/mol. The number of halogens is 3. The van der Waals surface area contributed by atoms with Gasteiger partial charge in [-0.15, -0.1) is 0 Å². The van der Waals surface area contributed by atoms with Crippen molar-refractivity contribution in [2.75, 3.05) is 5.32 Å². The Morgan fingerprint density at radius 2 is 1.45 bits per heavy atom. The largest absolute Gasteiger partial charge is 0.416 e. The Hall–Kier alpha value is -3.68. The summed E-state index contributed by atoms with van der Waals surface area (Å²) >= 11 is 0. The van der Waals surface area contributed by atoms with Crippen LogP contribution in [0.25, 0.3) is 0 Å². The molecule has 1 heterocycles. The second-order valence-corrected chi connectivity index (χ2v) is 6.11. The lowest BCUT2D eigenvalue weighted by Gasteiger charge is -2.09. The average Bonchev–Trinajstić information content (AvgIpc) is 2.72. The second kappa shape index (κ2) is 8.55. The number of alkyl halides is 3. The Balaban J connectivity index is 1.59. The Bertz CT molecular complexity index is 986. The molecule has 0 radical (unpaired) electrons. The van der Waals surface area contributed by atoms with Crippen molar-refractivity contribution in [2.24, 2.45) is 0 Å². The van der Waals surface area contributed by atoms with E-state index < -0.39 is 17.6 Å². The van der Waals surface area contributed by atoms with Crippen LogP contribution in [-0.2, 0) is 12.7 Å². The highest BCUT2D eigenvalue weighted by molar-refractivity contribution is 6.05. The van der Waals surface area contributed by atoms with Gasteiger partial charge in [0.1, 0.15) is 0 Å². The minimum Gasteiger partial charge on any atom is -0.346 e. The van der Waals surface area contributed by atoms with Gasteiger partial charge in [0.2, 0.25) is 0 Å². The van der Waals surface area contributed by atoms with Gasteiger partial charge in [-0.2, -0.15) is 13.2 Å². The maximum Gasteiger partial charge on any atom is 0.416 e. The van der Waals surface area contributed by atoms with E-state index in [9.17, 15) is 22.8 Å². The Kier molecular flexibility index (Phi) is 5.92. The molecule has 2 aromatic carbocycles. The van der Waals surface area contributed by atoms with Crippen LogP contribution < -0.4 is 10.6 Å². The minimum absolute atomic E-state index is 0.236. The predicted octanol–water partition coefficient (Wildman–Crippen LogP) is 4.28.